The van der Waals surface area contributed by atoms with Crippen LogP contribution >= 0.6 is 0 Å². The maximum absolute atomic E-state index is 12.6. The van der Waals surface area contributed by atoms with E-state index in [1.807, 2.05) is 48.5 Å². The predicted octanol–water partition coefficient (Wildman–Crippen LogP) is 4.00. The van der Waals surface area contributed by atoms with Gasteiger partial charge in [-0.1, -0.05) is 42.5 Å². The highest BCUT2D eigenvalue weighted by Crippen LogP contribution is 2.28. The molecule has 0 fully saturated rings. The second kappa shape index (κ2) is 9.35. The fourth-order valence-corrected chi connectivity index (χ4v) is 2.92. The van der Waals surface area contributed by atoms with Crippen molar-refractivity contribution in [2.75, 3.05) is 13.1 Å². The Morgan fingerprint density at radius 3 is 2.43 bits per heavy atom. The fraction of sp³-hybridized carbons (Fsp3) is 0.304. The van der Waals surface area contributed by atoms with Gasteiger partial charge in [0.2, 0.25) is 0 Å². The van der Waals surface area contributed by atoms with Gasteiger partial charge in [0.1, 0.15) is 18.0 Å². The van der Waals surface area contributed by atoms with Gasteiger partial charge >= 0.3 is 6.09 Å². The molecule has 0 spiro atoms. The summed E-state index contributed by atoms with van der Waals surface area (Å²) in [5.41, 5.74) is 1.80. The van der Waals surface area contributed by atoms with E-state index in [1.54, 1.807) is 27.0 Å². The normalized spacial score (nSPS) is 11.2. The van der Waals surface area contributed by atoms with Crippen LogP contribution in [0.15, 0.2) is 54.7 Å². The lowest BCUT2D eigenvalue weighted by molar-refractivity contribution is 0.0526. The van der Waals surface area contributed by atoms with Gasteiger partial charge < -0.3 is 25.1 Å². The van der Waals surface area contributed by atoms with Gasteiger partial charge in [-0.15, -0.1) is 0 Å². The molecule has 3 rings (SSSR count). The second-order valence-corrected chi connectivity index (χ2v) is 7.84. The Kier molecular flexibility index (Phi) is 6.61. The number of para-hydroxylation sites is 1. The van der Waals surface area contributed by atoms with Crippen LogP contribution in [0.1, 0.15) is 36.7 Å². The number of carbonyl (C=O) groups is 2. The summed E-state index contributed by atoms with van der Waals surface area (Å²) >= 11 is 0. The number of amides is 2. The standard InChI is InChI=1S/C23H27N3O4/c1-23(2,3)30-22(28)25-13-12-24-21(27)18-14-26-20-17(18)10-7-11-19(20)29-15-16-8-5-4-6-9-16/h4-11,14,26H,12-13,15H2,1-3H3,(H,24,27)(H,25,28). The zero-order valence-electron chi connectivity index (χ0n) is 17.5. The third kappa shape index (κ3) is 5.76. The summed E-state index contributed by atoms with van der Waals surface area (Å²) in [5.74, 6) is 0.453. The van der Waals surface area contributed by atoms with Crippen molar-refractivity contribution in [1.82, 2.24) is 15.6 Å². The van der Waals surface area contributed by atoms with Crippen LogP contribution < -0.4 is 15.4 Å². The van der Waals surface area contributed by atoms with Crippen molar-refractivity contribution in [3.8, 4) is 5.75 Å². The summed E-state index contributed by atoms with van der Waals surface area (Å²) in [4.78, 5) is 27.3. The number of ether oxygens (including phenoxy) is 2. The average molecular weight is 409 g/mol. The summed E-state index contributed by atoms with van der Waals surface area (Å²) < 4.78 is 11.1. The van der Waals surface area contributed by atoms with Crippen LogP contribution in [0.5, 0.6) is 5.75 Å². The molecule has 0 aliphatic rings. The van der Waals surface area contributed by atoms with Crippen LogP contribution in [-0.4, -0.2) is 35.7 Å². The Hall–Kier alpha value is -3.48. The highest BCUT2D eigenvalue weighted by Gasteiger charge is 2.16. The van der Waals surface area contributed by atoms with Crippen molar-refractivity contribution in [2.45, 2.75) is 33.0 Å². The van der Waals surface area contributed by atoms with E-state index in [1.165, 1.54) is 0 Å². The zero-order valence-corrected chi connectivity index (χ0v) is 17.5. The van der Waals surface area contributed by atoms with Crippen molar-refractivity contribution in [2.24, 2.45) is 0 Å². The van der Waals surface area contributed by atoms with Crippen LogP contribution in [0, 0.1) is 0 Å². The number of hydrogen-bond donors (Lipinski definition) is 3. The molecule has 0 radical (unpaired) electrons. The van der Waals surface area contributed by atoms with Crippen LogP contribution in [-0.2, 0) is 11.3 Å². The predicted molar refractivity (Wildman–Crippen MR) is 116 cm³/mol. The molecule has 0 aliphatic heterocycles. The molecule has 0 saturated heterocycles. The number of aromatic amines is 1. The smallest absolute Gasteiger partial charge is 0.407 e. The molecule has 0 saturated carbocycles. The van der Waals surface area contributed by atoms with Crippen molar-refractivity contribution in [3.05, 3.63) is 65.9 Å². The van der Waals surface area contributed by atoms with Crippen LogP contribution in [0.4, 0.5) is 4.79 Å². The van der Waals surface area contributed by atoms with E-state index in [4.69, 9.17) is 9.47 Å². The fourth-order valence-electron chi connectivity index (χ4n) is 2.92. The quantitative estimate of drug-likeness (QED) is 0.514. The minimum Gasteiger partial charge on any atom is -0.487 e. The van der Waals surface area contributed by atoms with Gasteiger partial charge in [-0.2, -0.15) is 0 Å². The number of hydrogen-bond acceptors (Lipinski definition) is 4. The minimum atomic E-state index is -0.558. The maximum atomic E-state index is 12.6. The first-order chi connectivity index (χ1) is 14.3. The van der Waals surface area contributed by atoms with Gasteiger partial charge in [-0.25, -0.2) is 4.79 Å². The van der Waals surface area contributed by atoms with Crippen molar-refractivity contribution < 1.29 is 19.1 Å². The molecule has 2 amide bonds. The first-order valence-corrected chi connectivity index (χ1v) is 9.85. The molecule has 3 N–H and O–H groups in total. The SMILES string of the molecule is CC(C)(C)OC(=O)NCCNC(=O)c1c[nH]c2c(OCc3ccccc3)cccc12. The summed E-state index contributed by atoms with van der Waals surface area (Å²) in [6, 6.07) is 15.5. The number of aromatic nitrogens is 1. The summed E-state index contributed by atoms with van der Waals surface area (Å²) in [5, 5.41) is 6.19. The van der Waals surface area contributed by atoms with E-state index in [-0.39, 0.29) is 19.0 Å². The van der Waals surface area contributed by atoms with Gasteiger partial charge in [0, 0.05) is 24.7 Å². The van der Waals surface area contributed by atoms with E-state index in [0.29, 0.717) is 17.9 Å². The summed E-state index contributed by atoms with van der Waals surface area (Å²) in [6.45, 7) is 6.38. The molecule has 7 nitrogen and oxygen atoms in total. The zero-order chi connectivity index (χ0) is 21.6. The highest BCUT2D eigenvalue weighted by atomic mass is 16.6. The van der Waals surface area contributed by atoms with Gasteiger partial charge in [-0.3, -0.25) is 4.79 Å². The molecule has 0 unspecified atom stereocenters. The van der Waals surface area contributed by atoms with Crippen molar-refractivity contribution in [1.29, 1.82) is 0 Å². The molecule has 1 aromatic heterocycles. The lowest BCUT2D eigenvalue weighted by Gasteiger charge is -2.19. The Morgan fingerprint density at radius 2 is 1.70 bits per heavy atom. The Labute approximate surface area is 175 Å². The molecule has 158 valence electrons. The minimum absolute atomic E-state index is 0.229. The van der Waals surface area contributed by atoms with E-state index in [9.17, 15) is 9.59 Å². The van der Waals surface area contributed by atoms with Gasteiger partial charge in [0.05, 0.1) is 11.1 Å². The molecule has 0 bridgehead atoms. The second-order valence-electron chi connectivity index (χ2n) is 7.84. The molecule has 1 heterocycles. The molecular weight excluding hydrogens is 382 g/mol. The van der Waals surface area contributed by atoms with Gasteiger partial charge in [-0.05, 0) is 32.4 Å². The number of carbonyl (C=O) groups excluding carboxylic acids is 2. The summed E-state index contributed by atoms with van der Waals surface area (Å²) in [7, 11) is 0. The maximum Gasteiger partial charge on any atom is 0.407 e. The third-order valence-electron chi connectivity index (χ3n) is 4.24. The van der Waals surface area contributed by atoms with Crippen LogP contribution in [0.3, 0.4) is 0 Å². The van der Waals surface area contributed by atoms with Crippen LogP contribution in [0.25, 0.3) is 10.9 Å². The van der Waals surface area contributed by atoms with Gasteiger partial charge in [0.25, 0.3) is 5.91 Å². The molecule has 0 atom stereocenters. The monoisotopic (exact) mass is 409 g/mol. The number of benzene rings is 2. The van der Waals surface area contributed by atoms with E-state index >= 15 is 0 Å². The lowest BCUT2D eigenvalue weighted by Crippen LogP contribution is -2.37. The first-order valence-electron chi connectivity index (χ1n) is 9.85. The van der Waals surface area contributed by atoms with Gasteiger partial charge in [0.15, 0.2) is 0 Å². The first kappa shape index (κ1) is 21.2. The number of fused-ring (bicyclic) bond motifs is 1. The highest BCUT2D eigenvalue weighted by molar-refractivity contribution is 6.07. The third-order valence-corrected chi connectivity index (χ3v) is 4.24. The van der Waals surface area contributed by atoms with E-state index < -0.39 is 11.7 Å². The Morgan fingerprint density at radius 1 is 0.967 bits per heavy atom. The number of nitrogens with one attached hydrogen (secondary N) is 3. The molecule has 7 heteroatoms. The van der Waals surface area contributed by atoms with Crippen LogP contribution in [0.2, 0.25) is 0 Å². The Balaban J connectivity index is 1.57. The van der Waals surface area contributed by atoms with E-state index in [2.05, 4.69) is 15.6 Å². The van der Waals surface area contributed by atoms with E-state index in [0.717, 1.165) is 16.5 Å². The topological polar surface area (TPSA) is 92.5 Å². The molecular formula is C23H27N3O4. The van der Waals surface area contributed by atoms with Crippen molar-refractivity contribution in [3.63, 3.8) is 0 Å². The average Bonchev–Trinajstić information content (AvgIpc) is 3.14. The lowest BCUT2D eigenvalue weighted by atomic mass is 10.1. The number of alkyl carbamates (subject to hydrolysis) is 1. The molecule has 0 aliphatic carbocycles. The van der Waals surface area contributed by atoms with Crippen molar-refractivity contribution >= 4 is 22.9 Å². The summed E-state index contributed by atoms with van der Waals surface area (Å²) in [6.07, 6.45) is 1.15. The molecule has 3 aromatic rings. The number of H-pyrrole nitrogens is 1. The molecule has 2 aromatic carbocycles. The Bertz CT molecular complexity index is 1010. The largest absolute Gasteiger partial charge is 0.487 e. The molecule has 30 heavy (non-hydrogen) atoms. The number of rotatable bonds is 7.